The zero-order valence-electron chi connectivity index (χ0n) is 11.6. The Kier molecular flexibility index (Phi) is 4.81. The highest BCUT2D eigenvalue weighted by Crippen LogP contribution is 2.29. The molecule has 0 saturated heterocycles. The highest BCUT2D eigenvalue weighted by Gasteiger charge is 2.12. The summed E-state index contributed by atoms with van der Waals surface area (Å²) in [5, 5.41) is 4.45. The van der Waals surface area contributed by atoms with Crippen LogP contribution in [0.5, 0.6) is 0 Å². The Morgan fingerprint density at radius 2 is 1.81 bits per heavy atom. The van der Waals surface area contributed by atoms with Crippen molar-refractivity contribution < 1.29 is 8.42 Å². The summed E-state index contributed by atoms with van der Waals surface area (Å²) in [7, 11) is -3.23. The van der Waals surface area contributed by atoms with Gasteiger partial charge in [-0.1, -0.05) is 29.3 Å². The summed E-state index contributed by atoms with van der Waals surface area (Å²) in [6.45, 7) is 1.94. The lowest BCUT2D eigenvalue weighted by atomic mass is 10.1. The van der Waals surface area contributed by atoms with Gasteiger partial charge < -0.3 is 5.32 Å². The molecule has 0 aliphatic rings. The van der Waals surface area contributed by atoms with Crippen molar-refractivity contribution in [3.8, 4) is 0 Å². The van der Waals surface area contributed by atoms with Gasteiger partial charge in [-0.3, -0.25) is 0 Å². The summed E-state index contributed by atoms with van der Waals surface area (Å²) >= 11 is 12.1. The third-order valence-corrected chi connectivity index (χ3v) is 4.76. The van der Waals surface area contributed by atoms with Gasteiger partial charge in [0.2, 0.25) is 0 Å². The van der Waals surface area contributed by atoms with Gasteiger partial charge in [-0.2, -0.15) is 0 Å². The first-order chi connectivity index (χ1) is 9.77. The third kappa shape index (κ3) is 4.13. The summed E-state index contributed by atoms with van der Waals surface area (Å²) in [5.41, 5.74) is 1.57. The van der Waals surface area contributed by atoms with Crippen LogP contribution in [0, 0.1) is 0 Å². The average molecular weight is 344 g/mol. The standard InChI is InChI=1S/C15H15Cl2NO2S/c1-10(14-8-11(16)6-7-15(14)17)18-12-4-3-5-13(9-12)21(2,19)20/h3-10,18H,1-2H3. The fraction of sp³-hybridized carbons (Fsp3) is 0.200. The Balaban J connectivity index is 2.28. The van der Waals surface area contributed by atoms with Gasteiger partial charge in [0.25, 0.3) is 0 Å². The Bertz CT molecular complexity index is 760. The number of hydrogen-bond acceptors (Lipinski definition) is 3. The van der Waals surface area contributed by atoms with Gasteiger partial charge in [0.1, 0.15) is 0 Å². The molecular formula is C15H15Cl2NO2S. The average Bonchev–Trinajstić information content (AvgIpc) is 2.41. The molecule has 1 atom stereocenters. The van der Waals surface area contributed by atoms with E-state index in [0.717, 1.165) is 5.56 Å². The number of hydrogen-bond donors (Lipinski definition) is 1. The molecule has 6 heteroatoms. The molecule has 21 heavy (non-hydrogen) atoms. The van der Waals surface area contributed by atoms with Gasteiger partial charge >= 0.3 is 0 Å². The van der Waals surface area contributed by atoms with E-state index in [2.05, 4.69) is 5.32 Å². The van der Waals surface area contributed by atoms with E-state index in [-0.39, 0.29) is 10.9 Å². The van der Waals surface area contributed by atoms with E-state index < -0.39 is 9.84 Å². The molecule has 0 heterocycles. The van der Waals surface area contributed by atoms with Crippen molar-refractivity contribution in [1.29, 1.82) is 0 Å². The van der Waals surface area contributed by atoms with Gasteiger partial charge in [0.05, 0.1) is 10.9 Å². The molecule has 0 radical (unpaired) electrons. The van der Waals surface area contributed by atoms with Crippen LogP contribution in [-0.2, 0) is 9.84 Å². The van der Waals surface area contributed by atoms with Crippen LogP contribution in [0.15, 0.2) is 47.4 Å². The van der Waals surface area contributed by atoms with Crippen molar-refractivity contribution in [3.05, 3.63) is 58.1 Å². The minimum absolute atomic E-state index is 0.106. The second-order valence-corrected chi connectivity index (χ2v) is 7.69. The van der Waals surface area contributed by atoms with Crippen LogP contribution in [0.4, 0.5) is 5.69 Å². The fourth-order valence-electron chi connectivity index (χ4n) is 1.99. The Hall–Kier alpha value is -1.23. The predicted molar refractivity (Wildman–Crippen MR) is 88.1 cm³/mol. The summed E-state index contributed by atoms with van der Waals surface area (Å²) in [5.74, 6) is 0. The molecule has 2 aromatic carbocycles. The molecule has 0 bridgehead atoms. The summed E-state index contributed by atoms with van der Waals surface area (Å²) in [4.78, 5) is 0.275. The maximum Gasteiger partial charge on any atom is 0.175 e. The van der Waals surface area contributed by atoms with Crippen LogP contribution in [0.2, 0.25) is 10.0 Å². The van der Waals surface area contributed by atoms with Crippen LogP contribution < -0.4 is 5.32 Å². The van der Waals surface area contributed by atoms with Crippen molar-refractivity contribution in [2.45, 2.75) is 17.9 Å². The highest BCUT2D eigenvalue weighted by atomic mass is 35.5. The second-order valence-electron chi connectivity index (χ2n) is 4.83. The molecule has 1 N–H and O–H groups in total. The van der Waals surface area contributed by atoms with E-state index in [0.29, 0.717) is 15.7 Å². The Morgan fingerprint density at radius 3 is 2.48 bits per heavy atom. The number of halogens is 2. The molecule has 0 spiro atoms. The van der Waals surface area contributed by atoms with Crippen LogP contribution in [-0.4, -0.2) is 14.7 Å². The molecule has 1 unspecified atom stereocenters. The highest BCUT2D eigenvalue weighted by molar-refractivity contribution is 7.90. The maximum absolute atomic E-state index is 11.6. The number of nitrogens with one attached hydrogen (secondary N) is 1. The van der Waals surface area contributed by atoms with Crippen molar-refractivity contribution in [2.24, 2.45) is 0 Å². The molecule has 0 amide bonds. The van der Waals surface area contributed by atoms with E-state index in [1.165, 1.54) is 6.26 Å². The molecule has 2 aromatic rings. The van der Waals surface area contributed by atoms with Crippen LogP contribution in [0.25, 0.3) is 0 Å². The molecule has 0 fully saturated rings. The zero-order valence-corrected chi connectivity index (χ0v) is 13.9. The molecule has 3 nitrogen and oxygen atoms in total. The van der Waals surface area contributed by atoms with Gasteiger partial charge in [0.15, 0.2) is 9.84 Å². The topological polar surface area (TPSA) is 46.2 Å². The number of rotatable bonds is 4. The number of sulfone groups is 1. The van der Waals surface area contributed by atoms with E-state index in [1.807, 2.05) is 13.0 Å². The third-order valence-electron chi connectivity index (χ3n) is 3.07. The lowest BCUT2D eigenvalue weighted by molar-refractivity contribution is 0.602. The summed E-state index contributed by atoms with van der Waals surface area (Å²) < 4.78 is 23.1. The first kappa shape index (κ1) is 16.1. The van der Waals surface area contributed by atoms with Gasteiger partial charge in [-0.25, -0.2) is 8.42 Å². The largest absolute Gasteiger partial charge is 0.378 e. The molecule has 112 valence electrons. The van der Waals surface area contributed by atoms with Crippen molar-refractivity contribution in [2.75, 3.05) is 11.6 Å². The zero-order chi connectivity index (χ0) is 15.6. The first-order valence-corrected chi connectivity index (χ1v) is 8.94. The normalized spacial score (nSPS) is 13.0. The lowest BCUT2D eigenvalue weighted by Gasteiger charge is -2.17. The van der Waals surface area contributed by atoms with E-state index >= 15 is 0 Å². The number of anilines is 1. The van der Waals surface area contributed by atoms with Crippen molar-refractivity contribution in [1.82, 2.24) is 0 Å². The maximum atomic E-state index is 11.6. The van der Waals surface area contributed by atoms with E-state index in [4.69, 9.17) is 23.2 Å². The predicted octanol–water partition coefficient (Wildman–Crippen LogP) is 4.57. The van der Waals surface area contributed by atoms with Gasteiger partial charge in [0, 0.05) is 22.0 Å². The second kappa shape index (κ2) is 6.26. The lowest BCUT2D eigenvalue weighted by Crippen LogP contribution is -2.08. The molecular weight excluding hydrogens is 329 g/mol. The quantitative estimate of drug-likeness (QED) is 0.884. The Labute approximate surface area is 134 Å². The minimum Gasteiger partial charge on any atom is -0.378 e. The van der Waals surface area contributed by atoms with Crippen LogP contribution >= 0.6 is 23.2 Å². The molecule has 0 aliphatic carbocycles. The fourth-order valence-corrected chi connectivity index (χ4v) is 3.12. The van der Waals surface area contributed by atoms with E-state index in [9.17, 15) is 8.42 Å². The molecule has 0 saturated carbocycles. The summed E-state index contributed by atoms with van der Waals surface area (Å²) in [6, 6.07) is 11.8. The Morgan fingerprint density at radius 1 is 1.10 bits per heavy atom. The summed E-state index contributed by atoms with van der Waals surface area (Å²) in [6.07, 6.45) is 1.18. The van der Waals surface area contributed by atoms with E-state index in [1.54, 1.807) is 36.4 Å². The van der Waals surface area contributed by atoms with Gasteiger partial charge in [-0.05, 0) is 48.9 Å². The minimum atomic E-state index is -3.23. The monoisotopic (exact) mass is 343 g/mol. The van der Waals surface area contributed by atoms with Crippen molar-refractivity contribution >= 4 is 38.7 Å². The molecule has 2 rings (SSSR count). The van der Waals surface area contributed by atoms with Crippen LogP contribution in [0.3, 0.4) is 0 Å². The number of benzene rings is 2. The molecule has 0 aliphatic heterocycles. The smallest absolute Gasteiger partial charge is 0.175 e. The SMILES string of the molecule is CC(Nc1cccc(S(C)(=O)=O)c1)c1cc(Cl)ccc1Cl. The molecule has 0 aromatic heterocycles. The first-order valence-electron chi connectivity index (χ1n) is 6.29. The van der Waals surface area contributed by atoms with Crippen molar-refractivity contribution in [3.63, 3.8) is 0 Å². The van der Waals surface area contributed by atoms with Gasteiger partial charge in [-0.15, -0.1) is 0 Å². The van der Waals surface area contributed by atoms with Crippen LogP contribution in [0.1, 0.15) is 18.5 Å².